The van der Waals surface area contributed by atoms with E-state index < -0.39 is 0 Å². The van der Waals surface area contributed by atoms with Crippen LogP contribution in [0.1, 0.15) is 45.7 Å². The topological polar surface area (TPSA) is 12.0 Å². The van der Waals surface area contributed by atoms with Crippen LogP contribution in [-0.2, 0) is 0 Å². The van der Waals surface area contributed by atoms with Crippen LogP contribution in [0.5, 0.6) is 0 Å². The molecule has 0 bridgehead atoms. The Kier molecular flexibility index (Phi) is 6.26. The molecular formula is C14H20Cl3N. The molecule has 2 unspecified atom stereocenters. The second kappa shape index (κ2) is 7.00. The molecule has 0 amide bonds. The first kappa shape index (κ1) is 16.1. The third-order valence-electron chi connectivity index (χ3n) is 3.24. The summed E-state index contributed by atoms with van der Waals surface area (Å²) in [6.07, 6.45) is 1.08. The second-order valence-electron chi connectivity index (χ2n) is 4.91. The van der Waals surface area contributed by atoms with E-state index in [-0.39, 0.29) is 6.04 Å². The molecule has 1 nitrogen and oxygen atoms in total. The third-order valence-corrected chi connectivity index (χ3v) is 4.55. The molecule has 0 aliphatic rings. The summed E-state index contributed by atoms with van der Waals surface area (Å²) >= 11 is 18.2. The third kappa shape index (κ3) is 3.77. The van der Waals surface area contributed by atoms with Crippen molar-refractivity contribution in [3.8, 4) is 0 Å². The normalized spacial score (nSPS) is 14.9. The molecule has 0 radical (unpaired) electrons. The first-order valence-corrected chi connectivity index (χ1v) is 7.41. The van der Waals surface area contributed by atoms with Crippen molar-refractivity contribution >= 4 is 34.8 Å². The minimum Gasteiger partial charge on any atom is -0.307 e. The molecule has 1 rings (SSSR count). The monoisotopic (exact) mass is 307 g/mol. The Balaban J connectivity index is 2.91. The van der Waals surface area contributed by atoms with Crippen molar-refractivity contribution < 1.29 is 0 Å². The van der Waals surface area contributed by atoms with Gasteiger partial charge in [0.2, 0.25) is 0 Å². The Morgan fingerprint density at radius 3 is 2.17 bits per heavy atom. The summed E-state index contributed by atoms with van der Waals surface area (Å²) in [7, 11) is 0. The van der Waals surface area contributed by atoms with Crippen LogP contribution in [-0.4, -0.2) is 6.04 Å². The molecule has 0 saturated heterocycles. The molecule has 1 aromatic carbocycles. The zero-order valence-corrected chi connectivity index (χ0v) is 13.5. The second-order valence-corrected chi connectivity index (χ2v) is 6.07. The number of rotatable bonds is 5. The highest BCUT2D eigenvalue weighted by atomic mass is 35.5. The van der Waals surface area contributed by atoms with Crippen LogP contribution >= 0.6 is 34.8 Å². The Labute approximate surface area is 125 Å². The largest absolute Gasteiger partial charge is 0.307 e. The van der Waals surface area contributed by atoms with Crippen molar-refractivity contribution in [1.82, 2.24) is 5.32 Å². The van der Waals surface area contributed by atoms with Crippen LogP contribution in [0.4, 0.5) is 0 Å². The Bertz CT molecular complexity index is 404. The van der Waals surface area contributed by atoms with Crippen LogP contribution in [0.15, 0.2) is 12.1 Å². The van der Waals surface area contributed by atoms with E-state index in [4.69, 9.17) is 34.8 Å². The van der Waals surface area contributed by atoms with E-state index in [1.807, 2.05) is 6.07 Å². The van der Waals surface area contributed by atoms with Crippen LogP contribution in [0.3, 0.4) is 0 Å². The lowest BCUT2D eigenvalue weighted by Crippen LogP contribution is -2.35. The van der Waals surface area contributed by atoms with Gasteiger partial charge in [-0.05, 0) is 30.9 Å². The number of hydrogen-bond acceptors (Lipinski definition) is 1. The van der Waals surface area contributed by atoms with Crippen molar-refractivity contribution in [3.63, 3.8) is 0 Å². The van der Waals surface area contributed by atoms with Gasteiger partial charge in [-0.25, -0.2) is 0 Å². The number of hydrogen-bond donors (Lipinski definition) is 1. The molecule has 0 fully saturated rings. The smallest absolute Gasteiger partial charge is 0.0781 e. The number of nitrogens with one attached hydrogen (secondary N) is 1. The molecule has 102 valence electrons. The van der Waals surface area contributed by atoms with E-state index in [2.05, 4.69) is 33.0 Å². The molecule has 1 N–H and O–H groups in total. The van der Waals surface area contributed by atoms with Crippen molar-refractivity contribution in [2.24, 2.45) is 5.92 Å². The van der Waals surface area contributed by atoms with Crippen LogP contribution in [0.2, 0.25) is 15.1 Å². The zero-order valence-electron chi connectivity index (χ0n) is 11.2. The summed E-state index contributed by atoms with van der Waals surface area (Å²) in [5, 5.41) is 5.05. The highest BCUT2D eigenvalue weighted by Gasteiger charge is 2.18. The summed E-state index contributed by atoms with van der Waals surface area (Å²) in [4.78, 5) is 0. The first-order valence-electron chi connectivity index (χ1n) is 6.27. The van der Waals surface area contributed by atoms with Crippen molar-refractivity contribution in [2.45, 2.75) is 46.2 Å². The molecular weight excluding hydrogens is 289 g/mol. The quantitative estimate of drug-likeness (QED) is 0.685. The molecule has 0 aromatic heterocycles. The van der Waals surface area contributed by atoms with Gasteiger partial charge >= 0.3 is 0 Å². The predicted molar refractivity (Wildman–Crippen MR) is 81.9 cm³/mol. The van der Waals surface area contributed by atoms with Crippen molar-refractivity contribution in [3.05, 3.63) is 32.8 Å². The average molecular weight is 309 g/mol. The summed E-state index contributed by atoms with van der Waals surface area (Å²) < 4.78 is 0. The van der Waals surface area contributed by atoms with Gasteiger partial charge in [0.15, 0.2) is 0 Å². The van der Waals surface area contributed by atoms with E-state index in [1.54, 1.807) is 6.07 Å². The summed E-state index contributed by atoms with van der Waals surface area (Å²) in [5.74, 6) is 0.582. The summed E-state index contributed by atoms with van der Waals surface area (Å²) in [6.45, 7) is 8.70. The van der Waals surface area contributed by atoms with Crippen LogP contribution in [0.25, 0.3) is 0 Å². The Morgan fingerprint density at radius 2 is 1.67 bits per heavy atom. The molecule has 0 heterocycles. The van der Waals surface area contributed by atoms with E-state index in [1.165, 1.54) is 0 Å². The van der Waals surface area contributed by atoms with E-state index >= 15 is 0 Å². The van der Waals surface area contributed by atoms with Gasteiger partial charge < -0.3 is 5.32 Å². The fourth-order valence-corrected chi connectivity index (χ4v) is 2.77. The highest BCUT2D eigenvalue weighted by molar-refractivity contribution is 6.48. The van der Waals surface area contributed by atoms with E-state index in [0.717, 1.165) is 12.0 Å². The average Bonchev–Trinajstić information content (AvgIpc) is 2.32. The fraction of sp³-hybridized carbons (Fsp3) is 0.571. The van der Waals surface area contributed by atoms with E-state index in [9.17, 15) is 0 Å². The van der Waals surface area contributed by atoms with Gasteiger partial charge in [-0.2, -0.15) is 0 Å². The molecule has 1 aromatic rings. The molecule has 4 heteroatoms. The SMILES string of the molecule is CCC(NC(C)c1ccc(Cl)c(Cl)c1Cl)C(C)C. The lowest BCUT2D eigenvalue weighted by atomic mass is 9.99. The van der Waals surface area contributed by atoms with Gasteiger partial charge in [0, 0.05) is 12.1 Å². The molecule has 0 aliphatic heterocycles. The maximum absolute atomic E-state index is 6.24. The fourth-order valence-electron chi connectivity index (χ4n) is 2.07. The van der Waals surface area contributed by atoms with Gasteiger partial charge in [0.25, 0.3) is 0 Å². The highest BCUT2D eigenvalue weighted by Crippen LogP contribution is 2.35. The lowest BCUT2D eigenvalue weighted by molar-refractivity contribution is 0.356. The summed E-state index contributed by atoms with van der Waals surface area (Å²) in [5.41, 5.74) is 0.991. The standard InChI is InChI=1S/C14H20Cl3N/c1-5-12(8(2)3)18-9(4)10-6-7-11(15)14(17)13(10)16/h6-9,12,18H,5H2,1-4H3. The van der Waals surface area contributed by atoms with Gasteiger partial charge in [-0.15, -0.1) is 0 Å². The molecule has 18 heavy (non-hydrogen) atoms. The first-order chi connectivity index (χ1) is 8.38. The van der Waals surface area contributed by atoms with Gasteiger partial charge in [0.1, 0.15) is 0 Å². The lowest BCUT2D eigenvalue weighted by Gasteiger charge is -2.26. The van der Waals surface area contributed by atoms with Gasteiger partial charge in [0.05, 0.1) is 15.1 Å². The minimum absolute atomic E-state index is 0.152. The molecule has 2 atom stereocenters. The van der Waals surface area contributed by atoms with Gasteiger partial charge in [-0.3, -0.25) is 0 Å². The zero-order chi connectivity index (χ0) is 13.9. The molecule has 0 spiro atoms. The minimum atomic E-state index is 0.152. The maximum atomic E-state index is 6.24. The van der Waals surface area contributed by atoms with Crippen LogP contribution in [0, 0.1) is 5.92 Å². The number of benzene rings is 1. The van der Waals surface area contributed by atoms with Crippen molar-refractivity contribution in [2.75, 3.05) is 0 Å². The molecule has 0 saturated carbocycles. The Hall–Kier alpha value is 0.0500. The Morgan fingerprint density at radius 1 is 1.06 bits per heavy atom. The van der Waals surface area contributed by atoms with Crippen molar-refractivity contribution in [1.29, 1.82) is 0 Å². The maximum Gasteiger partial charge on any atom is 0.0781 e. The molecule has 0 aliphatic carbocycles. The summed E-state index contributed by atoms with van der Waals surface area (Å²) in [6, 6.07) is 4.34. The van der Waals surface area contributed by atoms with E-state index in [0.29, 0.717) is 27.0 Å². The predicted octanol–water partition coefficient (Wildman–Crippen LogP) is 5.73. The van der Waals surface area contributed by atoms with Crippen LogP contribution < -0.4 is 5.32 Å². The van der Waals surface area contributed by atoms with Gasteiger partial charge in [-0.1, -0.05) is 61.6 Å². The number of halogens is 3.